The Balaban J connectivity index is 2.34. The molecular formula is C11H14N2O. The van der Waals surface area contributed by atoms with Gasteiger partial charge >= 0.3 is 0 Å². The minimum atomic E-state index is 0.0503. The fourth-order valence-electron chi connectivity index (χ4n) is 1.74. The van der Waals surface area contributed by atoms with Crippen LogP contribution < -0.4 is 10.6 Å². The second kappa shape index (κ2) is 3.70. The summed E-state index contributed by atoms with van der Waals surface area (Å²) in [4.78, 5) is 11.4. The van der Waals surface area contributed by atoms with Gasteiger partial charge in [0.15, 0.2) is 0 Å². The highest BCUT2D eigenvalue weighted by molar-refractivity contribution is 5.97. The molecule has 0 saturated heterocycles. The fraction of sp³-hybridized carbons (Fsp3) is 0.364. The fourth-order valence-corrected chi connectivity index (χ4v) is 1.74. The summed E-state index contributed by atoms with van der Waals surface area (Å²) in [6.07, 6.45) is 0.931. The van der Waals surface area contributed by atoms with Gasteiger partial charge in [0.05, 0.1) is 0 Å². The van der Waals surface area contributed by atoms with Crippen LogP contribution in [-0.4, -0.2) is 19.0 Å². The normalized spacial score (nSPS) is 14.5. The first-order valence-electron chi connectivity index (χ1n) is 4.96. The minimum Gasteiger partial charge on any atom is -0.385 e. The molecule has 0 saturated carbocycles. The van der Waals surface area contributed by atoms with Crippen molar-refractivity contribution in [2.24, 2.45) is 0 Å². The number of fused-ring (bicyclic) bond motifs is 1. The second-order valence-electron chi connectivity index (χ2n) is 3.41. The van der Waals surface area contributed by atoms with Gasteiger partial charge in [-0.25, -0.2) is 0 Å². The lowest BCUT2D eigenvalue weighted by Gasteiger charge is -2.17. The molecule has 0 spiro atoms. The number of carbonyl (C=O) groups is 1. The SMILES string of the molecule is CCNc1ccc2c(c1)CCNC2=O. The summed E-state index contributed by atoms with van der Waals surface area (Å²) < 4.78 is 0. The van der Waals surface area contributed by atoms with Crippen molar-refractivity contribution >= 4 is 11.6 Å². The number of nitrogens with one attached hydrogen (secondary N) is 2. The molecule has 14 heavy (non-hydrogen) atoms. The summed E-state index contributed by atoms with van der Waals surface area (Å²) in [6.45, 7) is 3.72. The first-order chi connectivity index (χ1) is 6.81. The van der Waals surface area contributed by atoms with Gasteiger partial charge in [-0.2, -0.15) is 0 Å². The lowest BCUT2D eigenvalue weighted by atomic mass is 10.00. The van der Waals surface area contributed by atoms with Gasteiger partial charge in [-0.1, -0.05) is 0 Å². The van der Waals surface area contributed by atoms with E-state index in [1.54, 1.807) is 0 Å². The molecule has 0 radical (unpaired) electrons. The molecule has 74 valence electrons. The smallest absolute Gasteiger partial charge is 0.251 e. The summed E-state index contributed by atoms with van der Waals surface area (Å²) in [6, 6.07) is 5.91. The van der Waals surface area contributed by atoms with E-state index in [9.17, 15) is 4.79 Å². The van der Waals surface area contributed by atoms with E-state index in [1.807, 2.05) is 12.1 Å². The second-order valence-corrected chi connectivity index (χ2v) is 3.41. The van der Waals surface area contributed by atoms with Crippen molar-refractivity contribution in [1.29, 1.82) is 0 Å². The first-order valence-corrected chi connectivity index (χ1v) is 4.96. The van der Waals surface area contributed by atoms with Crippen LogP contribution in [-0.2, 0) is 6.42 Å². The number of hydrogen-bond donors (Lipinski definition) is 2. The van der Waals surface area contributed by atoms with Crippen LogP contribution in [0.2, 0.25) is 0 Å². The largest absolute Gasteiger partial charge is 0.385 e. The molecular weight excluding hydrogens is 176 g/mol. The lowest BCUT2D eigenvalue weighted by molar-refractivity contribution is 0.0946. The van der Waals surface area contributed by atoms with Crippen LogP contribution in [0.25, 0.3) is 0 Å². The van der Waals surface area contributed by atoms with Gasteiger partial charge in [0, 0.05) is 24.3 Å². The van der Waals surface area contributed by atoms with Gasteiger partial charge in [-0.3, -0.25) is 4.79 Å². The highest BCUT2D eigenvalue weighted by Gasteiger charge is 2.15. The van der Waals surface area contributed by atoms with Crippen molar-refractivity contribution in [2.75, 3.05) is 18.4 Å². The molecule has 3 heteroatoms. The number of amides is 1. The van der Waals surface area contributed by atoms with E-state index in [1.165, 1.54) is 0 Å². The average molecular weight is 190 g/mol. The summed E-state index contributed by atoms with van der Waals surface area (Å²) in [5, 5.41) is 6.07. The van der Waals surface area contributed by atoms with E-state index in [-0.39, 0.29) is 5.91 Å². The zero-order valence-electron chi connectivity index (χ0n) is 8.26. The molecule has 0 aliphatic carbocycles. The molecule has 0 aromatic heterocycles. The Labute approximate surface area is 83.5 Å². The molecule has 0 bridgehead atoms. The number of carbonyl (C=O) groups excluding carboxylic acids is 1. The Morgan fingerprint density at radius 1 is 1.50 bits per heavy atom. The number of benzene rings is 1. The van der Waals surface area contributed by atoms with Crippen molar-refractivity contribution in [3.05, 3.63) is 29.3 Å². The zero-order chi connectivity index (χ0) is 9.97. The van der Waals surface area contributed by atoms with Crippen molar-refractivity contribution in [1.82, 2.24) is 5.32 Å². The Bertz CT molecular complexity index is 360. The third kappa shape index (κ3) is 1.58. The lowest BCUT2D eigenvalue weighted by Crippen LogP contribution is -2.31. The zero-order valence-corrected chi connectivity index (χ0v) is 8.26. The number of anilines is 1. The molecule has 2 N–H and O–H groups in total. The van der Waals surface area contributed by atoms with Gasteiger partial charge in [-0.05, 0) is 37.1 Å². The summed E-state index contributed by atoms with van der Waals surface area (Å²) >= 11 is 0. The third-order valence-corrected chi connectivity index (χ3v) is 2.41. The minimum absolute atomic E-state index is 0.0503. The summed E-state index contributed by atoms with van der Waals surface area (Å²) in [7, 11) is 0. The average Bonchev–Trinajstić information content (AvgIpc) is 2.18. The van der Waals surface area contributed by atoms with Crippen molar-refractivity contribution in [3.8, 4) is 0 Å². The van der Waals surface area contributed by atoms with E-state index in [0.717, 1.165) is 36.3 Å². The van der Waals surface area contributed by atoms with Crippen LogP contribution in [0.3, 0.4) is 0 Å². The van der Waals surface area contributed by atoms with Gasteiger partial charge in [0.1, 0.15) is 0 Å². The maximum atomic E-state index is 11.4. The summed E-state index contributed by atoms with van der Waals surface area (Å²) in [5.41, 5.74) is 3.06. The maximum absolute atomic E-state index is 11.4. The van der Waals surface area contributed by atoms with Crippen LogP contribution in [0.15, 0.2) is 18.2 Å². The van der Waals surface area contributed by atoms with E-state index in [0.29, 0.717) is 0 Å². The van der Waals surface area contributed by atoms with Crippen LogP contribution >= 0.6 is 0 Å². The molecule has 1 aliphatic rings. The molecule has 1 aromatic carbocycles. The van der Waals surface area contributed by atoms with Gasteiger partial charge in [-0.15, -0.1) is 0 Å². The van der Waals surface area contributed by atoms with Crippen molar-refractivity contribution in [2.45, 2.75) is 13.3 Å². The molecule has 1 heterocycles. The highest BCUT2D eigenvalue weighted by Crippen LogP contribution is 2.18. The Morgan fingerprint density at radius 3 is 3.14 bits per heavy atom. The van der Waals surface area contributed by atoms with E-state index in [2.05, 4.69) is 23.6 Å². The van der Waals surface area contributed by atoms with E-state index >= 15 is 0 Å². The van der Waals surface area contributed by atoms with E-state index < -0.39 is 0 Å². The Morgan fingerprint density at radius 2 is 2.36 bits per heavy atom. The Hall–Kier alpha value is -1.51. The van der Waals surface area contributed by atoms with Crippen LogP contribution in [0, 0.1) is 0 Å². The predicted molar refractivity (Wildman–Crippen MR) is 56.6 cm³/mol. The Kier molecular flexibility index (Phi) is 2.39. The molecule has 0 unspecified atom stereocenters. The highest BCUT2D eigenvalue weighted by atomic mass is 16.1. The predicted octanol–water partition coefficient (Wildman–Crippen LogP) is 1.40. The van der Waals surface area contributed by atoms with Gasteiger partial charge < -0.3 is 10.6 Å². The molecule has 0 atom stereocenters. The van der Waals surface area contributed by atoms with Gasteiger partial charge in [0.25, 0.3) is 5.91 Å². The molecule has 2 rings (SSSR count). The van der Waals surface area contributed by atoms with Crippen LogP contribution in [0.4, 0.5) is 5.69 Å². The monoisotopic (exact) mass is 190 g/mol. The van der Waals surface area contributed by atoms with Crippen LogP contribution in [0.1, 0.15) is 22.8 Å². The topological polar surface area (TPSA) is 41.1 Å². The van der Waals surface area contributed by atoms with Crippen molar-refractivity contribution < 1.29 is 4.79 Å². The first kappa shape index (κ1) is 9.06. The number of hydrogen-bond acceptors (Lipinski definition) is 2. The molecule has 3 nitrogen and oxygen atoms in total. The molecule has 0 fully saturated rings. The van der Waals surface area contributed by atoms with Gasteiger partial charge in [0.2, 0.25) is 0 Å². The standard InChI is InChI=1S/C11H14N2O/c1-2-12-9-3-4-10-8(7-9)5-6-13-11(10)14/h3-4,7,12H,2,5-6H2,1H3,(H,13,14). The van der Waals surface area contributed by atoms with Crippen LogP contribution in [0.5, 0.6) is 0 Å². The van der Waals surface area contributed by atoms with E-state index in [4.69, 9.17) is 0 Å². The summed E-state index contributed by atoms with van der Waals surface area (Å²) in [5.74, 6) is 0.0503. The molecule has 1 aromatic rings. The number of rotatable bonds is 2. The third-order valence-electron chi connectivity index (χ3n) is 2.41. The molecule has 1 amide bonds. The van der Waals surface area contributed by atoms with Crippen molar-refractivity contribution in [3.63, 3.8) is 0 Å². The molecule has 1 aliphatic heterocycles. The maximum Gasteiger partial charge on any atom is 0.251 e. The quantitative estimate of drug-likeness (QED) is 0.740.